The van der Waals surface area contributed by atoms with E-state index < -0.39 is 0 Å². The Morgan fingerprint density at radius 3 is 2.70 bits per heavy atom. The molecule has 0 fully saturated rings. The van der Waals surface area contributed by atoms with Crippen molar-refractivity contribution in [3.8, 4) is 0 Å². The zero-order valence-electron chi connectivity index (χ0n) is 14.4. The van der Waals surface area contributed by atoms with Crippen molar-refractivity contribution in [2.45, 2.75) is 19.3 Å². The number of aliphatic imine (C=N–C) groups is 1. The van der Waals surface area contributed by atoms with Gasteiger partial charge in [0.15, 0.2) is 6.29 Å². The third-order valence-electron chi connectivity index (χ3n) is 4.62. The van der Waals surface area contributed by atoms with Gasteiger partial charge in [-0.2, -0.15) is 0 Å². The second-order valence-electron chi connectivity index (χ2n) is 6.40. The van der Waals surface area contributed by atoms with Crippen molar-refractivity contribution in [3.05, 3.63) is 62.5 Å². The predicted octanol–water partition coefficient (Wildman–Crippen LogP) is 4.28. The average molecular weight is 449 g/mol. The Hall–Kier alpha value is -2.03. The smallest absolute Gasteiger partial charge is 0.303 e. The number of hydrogen-bond donors (Lipinski definition) is 1. The molecule has 0 saturated carbocycles. The lowest BCUT2D eigenvalue weighted by Crippen LogP contribution is -2.55. The highest BCUT2D eigenvalue weighted by atomic mass is 79.9. The van der Waals surface area contributed by atoms with Gasteiger partial charge in [-0.15, -0.1) is 11.3 Å². The highest BCUT2D eigenvalue weighted by Crippen LogP contribution is 2.25. The minimum Gasteiger partial charge on any atom is -0.303 e. The molecule has 2 aliphatic rings. The number of carbonyl (C=O) groups is 1. The molecule has 140 valence electrons. The van der Waals surface area contributed by atoms with Crippen molar-refractivity contribution < 1.29 is 9.18 Å². The van der Waals surface area contributed by atoms with Crippen LogP contribution >= 0.6 is 27.3 Å². The van der Waals surface area contributed by atoms with Crippen LogP contribution in [0, 0.1) is 5.82 Å². The van der Waals surface area contributed by atoms with Crippen LogP contribution in [0.25, 0.3) is 5.57 Å². The number of hydrogen-bond acceptors (Lipinski definition) is 4. The Bertz CT molecular complexity index is 895. The van der Waals surface area contributed by atoms with E-state index in [0.717, 1.165) is 27.2 Å². The molecule has 2 aliphatic heterocycles. The molecule has 1 atom stereocenters. The first-order chi connectivity index (χ1) is 13.1. The van der Waals surface area contributed by atoms with Crippen LogP contribution in [0.1, 0.15) is 16.9 Å². The van der Waals surface area contributed by atoms with Gasteiger partial charge in [0.1, 0.15) is 5.82 Å². The summed E-state index contributed by atoms with van der Waals surface area (Å²) in [6.07, 6.45) is 4.22. The van der Waals surface area contributed by atoms with E-state index in [4.69, 9.17) is 0 Å². The lowest BCUT2D eigenvalue weighted by atomic mass is 9.99. The average Bonchev–Trinajstić information content (AvgIpc) is 3.09. The van der Waals surface area contributed by atoms with Gasteiger partial charge in [0.05, 0.1) is 16.7 Å². The zero-order valence-corrected chi connectivity index (χ0v) is 16.8. The standard InChI is InChI=1S/C19H18BrFN4OS/c20-17-6-5-16(27-17)11-25-12-22-18(23-19(25)26)24-9-7-14(8-10-24)13-1-3-15(21)4-2-13/h1-7,12,18H,8-11H2,(H,23,26). The van der Waals surface area contributed by atoms with Crippen molar-refractivity contribution in [3.63, 3.8) is 0 Å². The first-order valence-corrected chi connectivity index (χ1v) is 10.2. The van der Waals surface area contributed by atoms with Crippen molar-refractivity contribution in [2.75, 3.05) is 13.1 Å². The van der Waals surface area contributed by atoms with E-state index >= 15 is 0 Å². The number of nitrogens with one attached hydrogen (secondary N) is 1. The quantitative estimate of drug-likeness (QED) is 0.758. The normalized spacial score (nSPS) is 20.5. The molecule has 1 unspecified atom stereocenters. The van der Waals surface area contributed by atoms with Crippen LogP contribution in [-0.2, 0) is 6.54 Å². The topological polar surface area (TPSA) is 47.9 Å². The highest BCUT2D eigenvalue weighted by Gasteiger charge is 2.27. The SMILES string of the molecule is O=C1NC(N2CC=C(c3ccc(F)cc3)CC2)N=CN1Cc1ccc(Br)s1. The van der Waals surface area contributed by atoms with Crippen LogP contribution in [0.5, 0.6) is 0 Å². The van der Waals surface area contributed by atoms with Gasteiger partial charge in [-0.3, -0.25) is 9.80 Å². The Morgan fingerprint density at radius 2 is 2.07 bits per heavy atom. The molecule has 0 radical (unpaired) electrons. The molecule has 0 bridgehead atoms. The summed E-state index contributed by atoms with van der Waals surface area (Å²) < 4.78 is 14.1. The predicted molar refractivity (Wildman–Crippen MR) is 109 cm³/mol. The summed E-state index contributed by atoms with van der Waals surface area (Å²) in [5, 5.41) is 2.95. The second-order valence-corrected chi connectivity index (χ2v) is 8.95. The van der Waals surface area contributed by atoms with Gasteiger partial charge in [-0.05, 0) is 57.8 Å². The Kier molecular flexibility index (Phi) is 5.38. The summed E-state index contributed by atoms with van der Waals surface area (Å²) in [7, 11) is 0. The third kappa shape index (κ3) is 4.28. The number of amides is 2. The minimum atomic E-state index is -0.352. The number of carbonyl (C=O) groups excluding carboxylic acids is 1. The number of benzene rings is 1. The summed E-state index contributed by atoms with van der Waals surface area (Å²) in [6, 6.07) is 10.4. The molecule has 2 amide bonds. The largest absolute Gasteiger partial charge is 0.325 e. The maximum Gasteiger partial charge on any atom is 0.325 e. The fourth-order valence-electron chi connectivity index (χ4n) is 3.16. The van der Waals surface area contributed by atoms with Gasteiger partial charge in [-0.25, -0.2) is 14.2 Å². The first kappa shape index (κ1) is 18.3. The minimum absolute atomic E-state index is 0.146. The Balaban J connectivity index is 1.38. The molecule has 3 heterocycles. The van der Waals surface area contributed by atoms with Crippen molar-refractivity contribution in [1.82, 2.24) is 15.1 Å². The van der Waals surface area contributed by atoms with Gasteiger partial charge in [-0.1, -0.05) is 18.2 Å². The number of urea groups is 1. The zero-order chi connectivity index (χ0) is 18.8. The van der Waals surface area contributed by atoms with E-state index in [0.29, 0.717) is 13.1 Å². The molecule has 0 spiro atoms. The van der Waals surface area contributed by atoms with Crippen LogP contribution in [-0.4, -0.2) is 41.5 Å². The van der Waals surface area contributed by atoms with Crippen LogP contribution < -0.4 is 5.32 Å². The summed E-state index contributed by atoms with van der Waals surface area (Å²) in [4.78, 5) is 21.7. The molecule has 1 aromatic heterocycles. The summed E-state index contributed by atoms with van der Waals surface area (Å²) in [5.41, 5.74) is 2.24. The number of nitrogens with zero attached hydrogens (tertiary/aromatic N) is 3. The fourth-order valence-corrected chi connectivity index (χ4v) is 4.64. The van der Waals surface area contributed by atoms with Crippen LogP contribution in [0.15, 0.2) is 51.3 Å². The molecule has 1 aromatic carbocycles. The van der Waals surface area contributed by atoms with Gasteiger partial charge in [0.2, 0.25) is 0 Å². The molecular weight excluding hydrogens is 431 g/mol. The van der Waals surface area contributed by atoms with E-state index in [2.05, 4.69) is 37.2 Å². The number of halogens is 2. The fraction of sp³-hybridized carbons (Fsp3) is 0.263. The molecule has 0 aliphatic carbocycles. The Labute approximate surface area is 169 Å². The van der Waals surface area contributed by atoms with Crippen molar-refractivity contribution >= 4 is 45.2 Å². The van der Waals surface area contributed by atoms with Gasteiger partial charge >= 0.3 is 6.03 Å². The number of thiophene rings is 1. The molecule has 1 N–H and O–H groups in total. The summed E-state index contributed by atoms with van der Waals surface area (Å²) in [6.45, 7) is 1.98. The van der Waals surface area contributed by atoms with Gasteiger partial charge < -0.3 is 5.32 Å². The highest BCUT2D eigenvalue weighted by molar-refractivity contribution is 9.11. The van der Waals surface area contributed by atoms with Crippen LogP contribution in [0.2, 0.25) is 0 Å². The van der Waals surface area contributed by atoms with Crippen molar-refractivity contribution in [2.24, 2.45) is 4.99 Å². The van der Waals surface area contributed by atoms with Crippen LogP contribution in [0.3, 0.4) is 0 Å². The molecule has 2 aromatic rings. The lowest BCUT2D eigenvalue weighted by Gasteiger charge is -2.35. The van der Waals surface area contributed by atoms with Crippen LogP contribution in [0.4, 0.5) is 9.18 Å². The van der Waals surface area contributed by atoms with Gasteiger partial charge in [0, 0.05) is 18.0 Å². The van der Waals surface area contributed by atoms with E-state index in [1.165, 1.54) is 17.7 Å². The van der Waals surface area contributed by atoms with E-state index in [1.807, 2.05) is 12.1 Å². The first-order valence-electron chi connectivity index (χ1n) is 8.62. The lowest BCUT2D eigenvalue weighted by molar-refractivity contribution is 0.161. The molecule has 27 heavy (non-hydrogen) atoms. The van der Waals surface area contributed by atoms with Crippen molar-refractivity contribution in [1.29, 1.82) is 0 Å². The summed E-state index contributed by atoms with van der Waals surface area (Å²) in [5.74, 6) is -0.226. The molecule has 8 heteroatoms. The Morgan fingerprint density at radius 1 is 1.26 bits per heavy atom. The maximum absolute atomic E-state index is 13.1. The monoisotopic (exact) mass is 448 g/mol. The van der Waals surface area contributed by atoms with E-state index in [1.54, 1.807) is 34.7 Å². The van der Waals surface area contributed by atoms with E-state index in [9.17, 15) is 9.18 Å². The second kappa shape index (κ2) is 7.92. The van der Waals surface area contributed by atoms with Gasteiger partial charge in [0.25, 0.3) is 0 Å². The third-order valence-corrected chi connectivity index (χ3v) is 6.23. The molecule has 5 nitrogen and oxygen atoms in total. The number of rotatable bonds is 4. The van der Waals surface area contributed by atoms with E-state index in [-0.39, 0.29) is 18.1 Å². The molecular formula is C19H18BrFN4OS. The molecule has 4 rings (SSSR count). The maximum atomic E-state index is 13.1. The summed E-state index contributed by atoms with van der Waals surface area (Å²) >= 11 is 5.04. The molecule has 0 saturated heterocycles.